The van der Waals surface area contributed by atoms with Gasteiger partial charge in [-0.15, -0.1) is 0 Å². The molecule has 3 aromatic heterocycles. The first kappa shape index (κ1) is 16.6. The van der Waals surface area contributed by atoms with Crippen molar-refractivity contribution in [2.24, 2.45) is 5.92 Å². The lowest BCUT2D eigenvalue weighted by Gasteiger charge is -2.19. The van der Waals surface area contributed by atoms with Crippen LogP contribution in [0.5, 0.6) is 0 Å². The van der Waals surface area contributed by atoms with Gasteiger partial charge in [0.2, 0.25) is 5.91 Å². The van der Waals surface area contributed by atoms with E-state index in [0.717, 1.165) is 29.2 Å². The molecule has 28 heavy (non-hydrogen) atoms. The summed E-state index contributed by atoms with van der Waals surface area (Å²) in [6.07, 6.45) is 8.54. The Kier molecular flexibility index (Phi) is 3.71. The van der Waals surface area contributed by atoms with E-state index in [9.17, 15) is 9.59 Å². The van der Waals surface area contributed by atoms with Crippen molar-refractivity contribution < 1.29 is 9.59 Å². The zero-order chi connectivity index (χ0) is 19.3. The second-order valence-electron chi connectivity index (χ2n) is 7.04. The zero-order valence-electron chi connectivity index (χ0n) is 15.3. The molecule has 1 aliphatic heterocycles. The number of amides is 2. The summed E-state index contributed by atoms with van der Waals surface area (Å²) in [5.74, 6) is 1.14. The fourth-order valence-electron chi connectivity index (χ4n) is 3.52. The zero-order valence-corrected chi connectivity index (χ0v) is 15.3. The summed E-state index contributed by atoms with van der Waals surface area (Å²) in [6, 6.07) is 3.54. The van der Waals surface area contributed by atoms with Crippen LogP contribution in [-0.4, -0.2) is 33.8 Å². The summed E-state index contributed by atoms with van der Waals surface area (Å²) < 4.78 is 0. The molecule has 1 fully saturated rings. The minimum Gasteiger partial charge on any atom is -0.373 e. The number of fused-ring (bicyclic) bond motifs is 2. The van der Waals surface area contributed by atoms with Gasteiger partial charge in [0.05, 0.1) is 18.4 Å². The normalized spacial score (nSPS) is 15.6. The molecule has 3 aromatic rings. The third kappa shape index (κ3) is 2.65. The monoisotopic (exact) mass is 374 g/mol. The lowest BCUT2D eigenvalue weighted by atomic mass is 10.1. The standard InChI is InChI=1S/C20H18N6O2/c1-21-18-15-8-23-17(25-19(27)11-2-3-11)6-14(15)16(9-24-18)26-10-12-7-22-5-4-13(12)20(26)28/h4-9,11H,2-3,10H2,1H3,(H,21,24)(H,23,25,27). The van der Waals surface area contributed by atoms with Crippen LogP contribution >= 0.6 is 0 Å². The molecular weight excluding hydrogens is 356 g/mol. The highest BCUT2D eigenvalue weighted by molar-refractivity contribution is 6.14. The van der Waals surface area contributed by atoms with Crippen LogP contribution in [0, 0.1) is 5.92 Å². The van der Waals surface area contributed by atoms with Gasteiger partial charge in [-0.25, -0.2) is 9.97 Å². The summed E-state index contributed by atoms with van der Waals surface area (Å²) in [5, 5.41) is 7.51. The van der Waals surface area contributed by atoms with Crippen LogP contribution in [-0.2, 0) is 11.3 Å². The highest BCUT2D eigenvalue weighted by Gasteiger charge is 2.31. The van der Waals surface area contributed by atoms with E-state index >= 15 is 0 Å². The third-order valence-corrected chi connectivity index (χ3v) is 5.19. The van der Waals surface area contributed by atoms with Crippen LogP contribution in [0.15, 0.2) is 36.9 Å². The minimum atomic E-state index is -0.0851. The Hall–Kier alpha value is -3.55. The van der Waals surface area contributed by atoms with Gasteiger partial charge in [0, 0.05) is 53.5 Å². The van der Waals surface area contributed by atoms with E-state index in [1.165, 1.54) is 0 Å². The molecule has 1 aliphatic carbocycles. The van der Waals surface area contributed by atoms with E-state index in [1.54, 1.807) is 42.8 Å². The number of carbonyl (C=O) groups is 2. The van der Waals surface area contributed by atoms with E-state index in [1.807, 2.05) is 6.07 Å². The molecule has 2 N–H and O–H groups in total. The maximum Gasteiger partial charge on any atom is 0.259 e. The van der Waals surface area contributed by atoms with Crippen LogP contribution in [0.25, 0.3) is 10.8 Å². The van der Waals surface area contributed by atoms with E-state index in [4.69, 9.17) is 0 Å². The quantitative estimate of drug-likeness (QED) is 0.728. The summed E-state index contributed by atoms with van der Waals surface area (Å²) in [4.78, 5) is 39.7. The van der Waals surface area contributed by atoms with E-state index < -0.39 is 0 Å². The Morgan fingerprint density at radius 1 is 1.18 bits per heavy atom. The van der Waals surface area contributed by atoms with Crippen LogP contribution in [0.1, 0.15) is 28.8 Å². The van der Waals surface area contributed by atoms with Gasteiger partial charge in [0.25, 0.3) is 5.91 Å². The number of nitrogens with zero attached hydrogens (tertiary/aromatic N) is 4. The molecule has 2 amide bonds. The van der Waals surface area contributed by atoms with Gasteiger partial charge in [-0.1, -0.05) is 0 Å². The summed E-state index contributed by atoms with van der Waals surface area (Å²) >= 11 is 0. The molecule has 4 heterocycles. The number of anilines is 3. The van der Waals surface area contributed by atoms with Crippen molar-refractivity contribution in [1.82, 2.24) is 15.0 Å². The number of aromatic nitrogens is 3. The van der Waals surface area contributed by atoms with Gasteiger partial charge < -0.3 is 15.5 Å². The van der Waals surface area contributed by atoms with Crippen LogP contribution in [0.2, 0.25) is 0 Å². The molecule has 1 saturated carbocycles. The number of carbonyl (C=O) groups excluding carboxylic acids is 2. The van der Waals surface area contributed by atoms with Crippen LogP contribution in [0.4, 0.5) is 17.3 Å². The molecule has 5 rings (SSSR count). The number of hydrogen-bond donors (Lipinski definition) is 2. The number of rotatable bonds is 4. The van der Waals surface area contributed by atoms with Crippen molar-refractivity contribution in [1.29, 1.82) is 0 Å². The highest BCUT2D eigenvalue weighted by atomic mass is 16.2. The van der Waals surface area contributed by atoms with Crippen LogP contribution < -0.4 is 15.5 Å². The van der Waals surface area contributed by atoms with Crippen LogP contribution in [0.3, 0.4) is 0 Å². The first-order valence-electron chi connectivity index (χ1n) is 9.18. The van der Waals surface area contributed by atoms with Gasteiger partial charge in [-0.2, -0.15) is 0 Å². The molecule has 0 spiro atoms. The Morgan fingerprint density at radius 3 is 2.79 bits per heavy atom. The molecule has 2 aliphatic rings. The molecule has 0 atom stereocenters. The van der Waals surface area contributed by atoms with Crippen molar-refractivity contribution in [3.8, 4) is 0 Å². The molecule has 0 aromatic carbocycles. The van der Waals surface area contributed by atoms with Crippen molar-refractivity contribution in [3.05, 3.63) is 48.0 Å². The van der Waals surface area contributed by atoms with Crippen molar-refractivity contribution in [2.75, 3.05) is 22.6 Å². The first-order chi connectivity index (χ1) is 13.7. The maximum absolute atomic E-state index is 12.9. The molecule has 8 nitrogen and oxygen atoms in total. The minimum absolute atomic E-state index is 0.00738. The smallest absolute Gasteiger partial charge is 0.259 e. The predicted octanol–water partition coefficient (Wildman–Crippen LogP) is 2.58. The summed E-state index contributed by atoms with van der Waals surface area (Å²) in [7, 11) is 1.78. The van der Waals surface area contributed by atoms with Crippen molar-refractivity contribution >= 4 is 39.9 Å². The molecule has 0 bridgehead atoms. The SMILES string of the molecule is CNc1ncc(N2Cc3cnccc3C2=O)c2cc(NC(=O)C3CC3)ncc12. The molecule has 140 valence electrons. The Balaban J connectivity index is 1.60. The lowest BCUT2D eigenvalue weighted by Crippen LogP contribution is -2.23. The van der Waals surface area contributed by atoms with Gasteiger partial charge in [0.15, 0.2) is 0 Å². The van der Waals surface area contributed by atoms with E-state index in [-0.39, 0.29) is 17.7 Å². The third-order valence-electron chi connectivity index (χ3n) is 5.19. The van der Waals surface area contributed by atoms with E-state index in [0.29, 0.717) is 29.4 Å². The van der Waals surface area contributed by atoms with Crippen molar-refractivity contribution in [3.63, 3.8) is 0 Å². The van der Waals surface area contributed by atoms with Gasteiger partial charge in [-0.3, -0.25) is 14.6 Å². The Morgan fingerprint density at radius 2 is 2.04 bits per heavy atom. The highest BCUT2D eigenvalue weighted by Crippen LogP contribution is 2.36. The average Bonchev–Trinajstić information content (AvgIpc) is 3.52. The fourth-order valence-corrected chi connectivity index (χ4v) is 3.52. The topological polar surface area (TPSA) is 100 Å². The lowest BCUT2D eigenvalue weighted by molar-refractivity contribution is -0.117. The Labute approximate surface area is 161 Å². The van der Waals surface area contributed by atoms with E-state index in [2.05, 4.69) is 25.6 Å². The first-order valence-corrected chi connectivity index (χ1v) is 9.18. The van der Waals surface area contributed by atoms with Gasteiger partial charge >= 0.3 is 0 Å². The average molecular weight is 374 g/mol. The molecular formula is C20H18N6O2. The van der Waals surface area contributed by atoms with Gasteiger partial charge in [0.1, 0.15) is 11.6 Å². The second-order valence-corrected chi connectivity index (χ2v) is 7.04. The summed E-state index contributed by atoms with van der Waals surface area (Å²) in [6.45, 7) is 0.434. The number of nitrogens with one attached hydrogen (secondary N) is 2. The largest absolute Gasteiger partial charge is 0.373 e. The van der Waals surface area contributed by atoms with Crippen molar-refractivity contribution in [2.45, 2.75) is 19.4 Å². The fraction of sp³-hybridized carbons (Fsp3) is 0.250. The predicted molar refractivity (Wildman–Crippen MR) is 105 cm³/mol. The van der Waals surface area contributed by atoms with Gasteiger partial charge in [-0.05, 0) is 25.0 Å². The number of hydrogen-bond acceptors (Lipinski definition) is 6. The molecule has 0 unspecified atom stereocenters. The Bertz CT molecular complexity index is 1120. The maximum atomic E-state index is 12.9. The number of pyridine rings is 3. The summed E-state index contributed by atoms with van der Waals surface area (Å²) in [5.41, 5.74) is 2.21. The molecule has 8 heteroatoms. The second kappa shape index (κ2) is 6.26. The molecule has 0 saturated heterocycles. The molecule has 0 radical (unpaired) electrons.